The summed E-state index contributed by atoms with van der Waals surface area (Å²) in [4.78, 5) is 4.47. The lowest BCUT2D eigenvalue weighted by Crippen LogP contribution is -2.28. The van der Waals surface area contributed by atoms with Crippen molar-refractivity contribution in [3.8, 4) is 5.75 Å². The lowest BCUT2D eigenvalue weighted by molar-refractivity contribution is 0.314. The first-order chi connectivity index (χ1) is 13.0. The molecule has 0 saturated carbocycles. The van der Waals surface area contributed by atoms with E-state index in [1.54, 1.807) is 0 Å². The molecule has 6 heteroatoms. The largest absolute Gasteiger partial charge is 0.494 e. The fourth-order valence-electron chi connectivity index (χ4n) is 2.69. The fourth-order valence-corrected chi connectivity index (χ4v) is 2.69. The van der Waals surface area contributed by atoms with E-state index >= 15 is 0 Å². The molecule has 0 unspecified atom stereocenters. The van der Waals surface area contributed by atoms with Crippen molar-refractivity contribution >= 4 is 5.95 Å². The van der Waals surface area contributed by atoms with Crippen LogP contribution in [-0.2, 0) is 12.0 Å². The topological polar surface area (TPSA) is 88.8 Å². The molecule has 2 aromatic carbocycles. The Balaban J connectivity index is 1.40. The van der Waals surface area contributed by atoms with Crippen molar-refractivity contribution in [1.82, 2.24) is 15.2 Å². The van der Waals surface area contributed by atoms with Gasteiger partial charge in [-0.05, 0) is 43.5 Å². The van der Waals surface area contributed by atoms with E-state index in [0.717, 1.165) is 36.5 Å². The zero-order chi connectivity index (χ0) is 19.1. The van der Waals surface area contributed by atoms with E-state index in [1.807, 2.05) is 56.3 Å². The molecule has 3 aromatic rings. The summed E-state index contributed by atoms with van der Waals surface area (Å²) in [7, 11) is 0. The molecule has 1 aromatic heterocycles. The number of H-pyrrole nitrogens is 1. The van der Waals surface area contributed by atoms with Crippen molar-refractivity contribution in [3.63, 3.8) is 0 Å². The summed E-state index contributed by atoms with van der Waals surface area (Å²) in [5.41, 5.74) is 8.02. The molecule has 6 nitrogen and oxygen atoms in total. The number of aromatic amines is 1. The number of rotatable bonds is 9. The molecule has 27 heavy (non-hydrogen) atoms. The van der Waals surface area contributed by atoms with Gasteiger partial charge in [0.05, 0.1) is 6.61 Å². The van der Waals surface area contributed by atoms with Crippen LogP contribution in [-0.4, -0.2) is 28.3 Å². The van der Waals surface area contributed by atoms with E-state index in [0.29, 0.717) is 12.6 Å². The number of hydrogen-bond donors (Lipinski definition) is 3. The molecule has 0 aliphatic heterocycles. The van der Waals surface area contributed by atoms with E-state index in [2.05, 4.69) is 32.6 Å². The molecule has 142 valence electrons. The molecule has 4 N–H and O–H groups in total. The Bertz CT molecular complexity index is 839. The van der Waals surface area contributed by atoms with Crippen LogP contribution in [0.15, 0.2) is 54.6 Å². The summed E-state index contributed by atoms with van der Waals surface area (Å²) in [6.45, 7) is 5.34. The number of benzene rings is 2. The van der Waals surface area contributed by atoms with Gasteiger partial charge in [-0.25, -0.2) is 5.10 Å². The number of nitrogens with zero attached hydrogens (tertiary/aromatic N) is 2. The smallest absolute Gasteiger partial charge is 0.218 e. The molecule has 0 amide bonds. The van der Waals surface area contributed by atoms with E-state index in [1.165, 1.54) is 5.56 Å². The second-order valence-corrected chi connectivity index (χ2v) is 7.14. The van der Waals surface area contributed by atoms with Gasteiger partial charge in [0.1, 0.15) is 5.75 Å². The summed E-state index contributed by atoms with van der Waals surface area (Å²) in [6.07, 6.45) is 1.57. The number of nitrogens with two attached hydrogens (primary N) is 1. The van der Waals surface area contributed by atoms with Crippen LogP contribution in [0.4, 0.5) is 5.95 Å². The second-order valence-electron chi connectivity index (χ2n) is 7.14. The maximum Gasteiger partial charge on any atom is 0.218 e. The molecule has 0 aliphatic carbocycles. The third-order valence-electron chi connectivity index (χ3n) is 4.20. The van der Waals surface area contributed by atoms with Crippen molar-refractivity contribution in [2.24, 2.45) is 5.73 Å². The van der Waals surface area contributed by atoms with Gasteiger partial charge in [-0.1, -0.05) is 42.5 Å². The van der Waals surface area contributed by atoms with Crippen LogP contribution < -0.4 is 15.8 Å². The highest BCUT2D eigenvalue weighted by molar-refractivity contribution is 5.32. The zero-order valence-corrected chi connectivity index (χ0v) is 15.9. The maximum absolute atomic E-state index is 6.14. The summed E-state index contributed by atoms with van der Waals surface area (Å²) >= 11 is 0. The van der Waals surface area contributed by atoms with Crippen LogP contribution in [0.5, 0.6) is 5.75 Å². The quantitative estimate of drug-likeness (QED) is 0.505. The average Bonchev–Trinajstić information content (AvgIpc) is 3.09. The van der Waals surface area contributed by atoms with Gasteiger partial charge in [0, 0.05) is 18.5 Å². The predicted octanol–water partition coefficient (Wildman–Crippen LogP) is 3.47. The van der Waals surface area contributed by atoms with Crippen LogP contribution in [0, 0.1) is 0 Å². The highest BCUT2D eigenvalue weighted by Gasteiger charge is 2.14. The molecule has 1 heterocycles. The highest BCUT2D eigenvalue weighted by Crippen LogP contribution is 2.21. The first-order valence-electron chi connectivity index (χ1n) is 9.22. The Labute approximate surface area is 160 Å². The van der Waals surface area contributed by atoms with Crippen molar-refractivity contribution in [2.75, 3.05) is 18.5 Å². The number of aromatic nitrogens is 3. The third kappa shape index (κ3) is 5.82. The SMILES string of the molecule is CC(C)(N)c1cccc(OCCCNc2nc(Cc3ccccc3)n[nH]2)c1. The minimum atomic E-state index is -0.370. The van der Waals surface area contributed by atoms with Crippen molar-refractivity contribution < 1.29 is 4.74 Å². The first kappa shape index (κ1) is 18.9. The lowest BCUT2D eigenvalue weighted by Gasteiger charge is -2.19. The van der Waals surface area contributed by atoms with Gasteiger partial charge in [-0.2, -0.15) is 10.1 Å². The van der Waals surface area contributed by atoms with Gasteiger partial charge in [0.2, 0.25) is 5.95 Å². The van der Waals surface area contributed by atoms with E-state index < -0.39 is 0 Å². The lowest BCUT2D eigenvalue weighted by atomic mass is 9.96. The van der Waals surface area contributed by atoms with Crippen molar-refractivity contribution in [3.05, 3.63) is 71.5 Å². The summed E-state index contributed by atoms with van der Waals surface area (Å²) in [6, 6.07) is 18.1. The maximum atomic E-state index is 6.14. The second kappa shape index (κ2) is 8.68. The van der Waals surface area contributed by atoms with Gasteiger partial charge < -0.3 is 15.8 Å². The van der Waals surface area contributed by atoms with E-state index in [4.69, 9.17) is 10.5 Å². The van der Waals surface area contributed by atoms with Crippen LogP contribution in [0.2, 0.25) is 0 Å². The Kier molecular flexibility index (Phi) is 6.08. The number of hydrogen-bond acceptors (Lipinski definition) is 5. The molecule has 0 fully saturated rings. The van der Waals surface area contributed by atoms with E-state index in [-0.39, 0.29) is 5.54 Å². The number of anilines is 1. The van der Waals surface area contributed by atoms with Crippen LogP contribution >= 0.6 is 0 Å². The van der Waals surface area contributed by atoms with Gasteiger partial charge in [0.25, 0.3) is 0 Å². The average molecular weight is 365 g/mol. The number of nitrogens with one attached hydrogen (secondary N) is 2. The molecule has 0 aliphatic rings. The Morgan fingerprint density at radius 3 is 2.70 bits per heavy atom. The fraction of sp³-hybridized carbons (Fsp3) is 0.333. The molecule has 0 bridgehead atoms. The monoisotopic (exact) mass is 365 g/mol. The first-order valence-corrected chi connectivity index (χ1v) is 9.22. The van der Waals surface area contributed by atoms with Crippen molar-refractivity contribution in [2.45, 2.75) is 32.2 Å². The van der Waals surface area contributed by atoms with Crippen LogP contribution in [0.3, 0.4) is 0 Å². The minimum absolute atomic E-state index is 0.370. The highest BCUT2D eigenvalue weighted by atomic mass is 16.5. The standard InChI is InChI=1S/C21H27N5O/c1-21(2,22)17-10-6-11-18(15-17)27-13-7-12-23-20-24-19(25-26-20)14-16-8-4-3-5-9-16/h3-6,8-11,15H,7,12-14,22H2,1-2H3,(H2,23,24,25,26). The molecular formula is C21H27N5O. The predicted molar refractivity (Wildman–Crippen MR) is 108 cm³/mol. The van der Waals surface area contributed by atoms with Crippen molar-refractivity contribution in [1.29, 1.82) is 0 Å². The van der Waals surface area contributed by atoms with Gasteiger partial charge >= 0.3 is 0 Å². The Morgan fingerprint density at radius 2 is 1.93 bits per heavy atom. The summed E-state index contributed by atoms with van der Waals surface area (Å²) in [5, 5.41) is 10.4. The van der Waals surface area contributed by atoms with Gasteiger partial charge in [-0.3, -0.25) is 0 Å². The molecular weight excluding hydrogens is 338 g/mol. The normalized spacial score (nSPS) is 11.4. The molecule has 0 atom stereocenters. The van der Waals surface area contributed by atoms with E-state index in [9.17, 15) is 0 Å². The van der Waals surface area contributed by atoms with Crippen LogP contribution in [0.1, 0.15) is 37.2 Å². The van der Waals surface area contributed by atoms with Crippen LogP contribution in [0.25, 0.3) is 0 Å². The minimum Gasteiger partial charge on any atom is -0.494 e. The van der Waals surface area contributed by atoms with Gasteiger partial charge in [-0.15, -0.1) is 0 Å². The van der Waals surface area contributed by atoms with Gasteiger partial charge in [0.15, 0.2) is 5.82 Å². The molecule has 0 saturated heterocycles. The molecule has 3 rings (SSSR count). The summed E-state index contributed by atoms with van der Waals surface area (Å²) < 4.78 is 5.82. The zero-order valence-electron chi connectivity index (χ0n) is 15.9. The molecule has 0 radical (unpaired) electrons. The summed E-state index contributed by atoms with van der Waals surface area (Å²) in [5.74, 6) is 2.31. The Morgan fingerprint density at radius 1 is 1.11 bits per heavy atom. The Hall–Kier alpha value is -2.86. The molecule has 0 spiro atoms. The third-order valence-corrected chi connectivity index (χ3v) is 4.20. The number of ether oxygens (including phenoxy) is 1.